The first kappa shape index (κ1) is 17.4. The number of hydrogen-bond acceptors (Lipinski definition) is 5. The molecule has 0 atom stereocenters. The van der Waals surface area contributed by atoms with Gasteiger partial charge in [-0.2, -0.15) is 0 Å². The number of carbonyl (C=O) groups excluding carboxylic acids is 1. The van der Waals surface area contributed by atoms with Gasteiger partial charge in [0.25, 0.3) is 5.91 Å². The number of halogens is 3. The first-order valence-corrected chi connectivity index (χ1v) is 7.33. The predicted molar refractivity (Wildman–Crippen MR) is 85.0 cm³/mol. The Bertz CT molecular complexity index is 909. The molecule has 3 rings (SSSR count). The number of alkyl halides is 3. The lowest BCUT2D eigenvalue weighted by Gasteiger charge is -2.11. The third-order valence-corrected chi connectivity index (χ3v) is 3.43. The molecule has 0 aliphatic carbocycles. The van der Waals surface area contributed by atoms with E-state index < -0.39 is 18.0 Å². The Kier molecular flexibility index (Phi) is 4.57. The molecule has 0 spiro atoms. The third-order valence-electron chi connectivity index (χ3n) is 3.43. The van der Waals surface area contributed by atoms with Crippen molar-refractivity contribution in [1.29, 1.82) is 0 Å². The molecule has 0 saturated heterocycles. The first-order valence-electron chi connectivity index (χ1n) is 7.33. The van der Waals surface area contributed by atoms with E-state index in [1.54, 1.807) is 25.1 Å². The standard InChI is InChI=1S/C16H12F3N5O2/c1-10-2-5-12(24-9-20-22-23-24)8-14(10)21-15(25)11-3-6-13(7-4-11)26-16(17,18)19/h2-9H,1H3,(H,21,25). The lowest BCUT2D eigenvalue weighted by atomic mass is 10.1. The topological polar surface area (TPSA) is 81.9 Å². The van der Waals surface area contributed by atoms with Crippen LogP contribution in [0.25, 0.3) is 5.69 Å². The Labute approximate surface area is 145 Å². The van der Waals surface area contributed by atoms with Gasteiger partial charge in [-0.1, -0.05) is 6.07 Å². The monoisotopic (exact) mass is 363 g/mol. The highest BCUT2D eigenvalue weighted by Gasteiger charge is 2.31. The number of aromatic nitrogens is 4. The van der Waals surface area contributed by atoms with Crippen molar-refractivity contribution in [3.63, 3.8) is 0 Å². The van der Waals surface area contributed by atoms with Gasteiger partial charge < -0.3 is 10.1 Å². The molecule has 134 valence electrons. The minimum atomic E-state index is -4.78. The minimum absolute atomic E-state index is 0.187. The quantitative estimate of drug-likeness (QED) is 0.770. The SMILES string of the molecule is Cc1ccc(-n2cnnn2)cc1NC(=O)c1ccc(OC(F)(F)F)cc1. The van der Waals surface area contributed by atoms with Crippen molar-refractivity contribution in [1.82, 2.24) is 20.2 Å². The Morgan fingerprint density at radius 2 is 1.88 bits per heavy atom. The molecule has 0 fully saturated rings. The molecule has 10 heteroatoms. The van der Waals surface area contributed by atoms with Crippen LogP contribution >= 0.6 is 0 Å². The summed E-state index contributed by atoms with van der Waals surface area (Å²) in [7, 11) is 0. The maximum atomic E-state index is 12.3. The van der Waals surface area contributed by atoms with Crippen LogP contribution in [0.15, 0.2) is 48.8 Å². The van der Waals surface area contributed by atoms with Gasteiger partial charge in [-0.15, -0.1) is 18.3 Å². The fraction of sp³-hybridized carbons (Fsp3) is 0.125. The molecule has 0 aliphatic heterocycles. The van der Waals surface area contributed by atoms with Crippen molar-refractivity contribution in [2.24, 2.45) is 0 Å². The highest BCUT2D eigenvalue weighted by molar-refractivity contribution is 6.04. The van der Waals surface area contributed by atoms with E-state index >= 15 is 0 Å². The molecule has 26 heavy (non-hydrogen) atoms. The van der Waals surface area contributed by atoms with Crippen molar-refractivity contribution in [3.8, 4) is 11.4 Å². The summed E-state index contributed by atoms with van der Waals surface area (Å²) in [5, 5.41) is 13.6. The van der Waals surface area contributed by atoms with Gasteiger partial charge in [0, 0.05) is 11.3 Å². The number of ether oxygens (including phenoxy) is 1. The van der Waals surface area contributed by atoms with Gasteiger partial charge in [-0.25, -0.2) is 4.68 Å². The number of carbonyl (C=O) groups is 1. The maximum Gasteiger partial charge on any atom is 0.573 e. The number of anilines is 1. The molecule has 0 saturated carbocycles. The average molecular weight is 363 g/mol. The Hall–Kier alpha value is -3.43. The molecule has 7 nitrogen and oxygen atoms in total. The van der Waals surface area contributed by atoms with Crippen molar-refractivity contribution in [3.05, 3.63) is 59.9 Å². The van der Waals surface area contributed by atoms with Gasteiger partial charge >= 0.3 is 6.36 Å². The fourth-order valence-electron chi connectivity index (χ4n) is 2.17. The Balaban J connectivity index is 1.76. The predicted octanol–water partition coefficient (Wildman–Crippen LogP) is 3.12. The molecule has 3 aromatic rings. The summed E-state index contributed by atoms with van der Waals surface area (Å²) < 4.78 is 41.7. The van der Waals surface area contributed by atoms with Gasteiger partial charge in [0.1, 0.15) is 12.1 Å². The second-order valence-corrected chi connectivity index (χ2v) is 5.28. The maximum absolute atomic E-state index is 12.3. The van der Waals surface area contributed by atoms with Crippen LogP contribution < -0.4 is 10.1 Å². The molecule has 1 aromatic heterocycles. The van der Waals surface area contributed by atoms with E-state index in [2.05, 4.69) is 25.6 Å². The van der Waals surface area contributed by atoms with Crippen LogP contribution in [0, 0.1) is 6.92 Å². The lowest BCUT2D eigenvalue weighted by molar-refractivity contribution is -0.274. The molecular formula is C16H12F3N5O2. The summed E-state index contributed by atoms with van der Waals surface area (Å²) in [6, 6.07) is 9.90. The second-order valence-electron chi connectivity index (χ2n) is 5.28. The molecule has 0 bridgehead atoms. The van der Waals surface area contributed by atoms with E-state index in [1.807, 2.05) is 0 Å². The highest BCUT2D eigenvalue weighted by Crippen LogP contribution is 2.24. The Morgan fingerprint density at radius 3 is 2.50 bits per heavy atom. The number of nitrogens with one attached hydrogen (secondary N) is 1. The Morgan fingerprint density at radius 1 is 1.15 bits per heavy atom. The van der Waals surface area contributed by atoms with Crippen LogP contribution in [0.2, 0.25) is 0 Å². The van der Waals surface area contributed by atoms with Crippen LogP contribution in [0.4, 0.5) is 18.9 Å². The van der Waals surface area contributed by atoms with E-state index in [9.17, 15) is 18.0 Å². The van der Waals surface area contributed by atoms with Crippen molar-refractivity contribution in [2.75, 3.05) is 5.32 Å². The van der Waals surface area contributed by atoms with Crippen molar-refractivity contribution < 1.29 is 22.7 Å². The van der Waals surface area contributed by atoms with Crippen molar-refractivity contribution >= 4 is 11.6 Å². The summed E-state index contributed by atoms with van der Waals surface area (Å²) in [5.41, 5.74) is 2.15. The minimum Gasteiger partial charge on any atom is -0.406 e. The zero-order chi connectivity index (χ0) is 18.7. The van der Waals surface area contributed by atoms with E-state index in [-0.39, 0.29) is 5.56 Å². The zero-order valence-corrected chi connectivity index (χ0v) is 13.4. The number of nitrogens with zero attached hydrogens (tertiary/aromatic N) is 4. The van der Waals surface area contributed by atoms with Gasteiger partial charge in [-0.05, 0) is 59.3 Å². The molecule has 0 unspecified atom stereocenters. The summed E-state index contributed by atoms with van der Waals surface area (Å²) in [6.07, 6.45) is -3.37. The molecule has 1 amide bonds. The van der Waals surface area contributed by atoms with Crippen LogP contribution in [0.1, 0.15) is 15.9 Å². The van der Waals surface area contributed by atoms with Crippen LogP contribution in [0.5, 0.6) is 5.75 Å². The second kappa shape index (κ2) is 6.82. The van der Waals surface area contributed by atoms with Gasteiger partial charge in [-0.3, -0.25) is 4.79 Å². The summed E-state index contributed by atoms with van der Waals surface area (Å²) in [5.74, 6) is -0.869. The molecule has 1 heterocycles. The number of hydrogen-bond donors (Lipinski definition) is 1. The van der Waals surface area contributed by atoms with Gasteiger partial charge in [0.05, 0.1) is 5.69 Å². The van der Waals surface area contributed by atoms with E-state index in [1.165, 1.54) is 23.1 Å². The largest absolute Gasteiger partial charge is 0.573 e. The number of aryl methyl sites for hydroxylation is 1. The number of tetrazole rings is 1. The van der Waals surface area contributed by atoms with Crippen LogP contribution in [-0.4, -0.2) is 32.5 Å². The molecule has 2 aromatic carbocycles. The molecular weight excluding hydrogens is 351 g/mol. The lowest BCUT2D eigenvalue weighted by Crippen LogP contribution is -2.17. The normalized spacial score (nSPS) is 11.2. The first-order chi connectivity index (χ1) is 12.3. The number of benzene rings is 2. The number of rotatable bonds is 4. The van der Waals surface area contributed by atoms with Gasteiger partial charge in [0.2, 0.25) is 0 Å². The fourth-order valence-corrected chi connectivity index (χ4v) is 2.17. The van der Waals surface area contributed by atoms with E-state index in [0.717, 1.165) is 17.7 Å². The number of amides is 1. The van der Waals surface area contributed by atoms with Crippen molar-refractivity contribution in [2.45, 2.75) is 13.3 Å². The summed E-state index contributed by atoms with van der Waals surface area (Å²) in [4.78, 5) is 12.3. The zero-order valence-electron chi connectivity index (χ0n) is 13.4. The average Bonchev–Trinajstić information content (AvgIpc) is 3.10. The summed E-state index contributed by atoms with van der Waals surface area (Å²) >= 11 is 0. The smallest absolute Gasteiger partial charge is 0.406 e. The molecule has 0 aliphatic rings. The van der Waals surface area contributed by atoms with Crippen LogP contribution in [-0.2, 0) is 0 Å². The molecule has 0 radical (unpaired) electrons. The highest BCUT2D eigenvalue weighted by atomic mass is 19.4. The summed E-state index contributed by atoms with van der Waals surface area (Å²) in [6.45, 7) is 1.80. The van der Waals surface area contributed by atoms with Gasteiger partial charge in [0.15, 0.2) is 0 Å². The van der Waals surface area contributed by atoms with E-state index in [0.29, 0.717) is 11.4 Å². The van der Waals surface area contributed by atoms with Crippen LogP contribution in [0.3, 0.4) is 0 Å². The molecule has 1 N–H and O–H groups in total. The third kappa shape index (κ3) is 4.15. The van der Waals surface area contributed by atoms with E-state index in [4.69, 9.17) is 0 Å².